The predicted molar refractivity (Wildman–Crippen MR) is 88.7 cm³/mol. The van der Waals surface area contributed by atoms with Crippen LogP contribution in [0, 0.1) is 0 Å². The summed E-state index contributed by atoms with van der Waals surface area (Å²) in [4.78, 5) is 14.8. The molecule has 0 aliphatic rings. The van der Waals surface area contributed by atoms with Crippen LogP contribution in [-0.2, 0) is 0 Å². The largest absolute Gasteiger partial charge is 0.456 e. The van der Waals surface area contributed by atoms with Crippen LogP contribution in [0.5, 0.6) is 0 Å². The van der Waals surface area contributed by atoms with Gasteiger partial charge in [0.05, 0.1) is 5.39 Å². The van der Waals surface area contributed by atoms with Gasteiger partial charge in [-0.15, -0.1) is 0 Å². The van der Waals surface area contributed by atoms with Gasteiger partial charge in [0.2, 0.25) is 0 Å². The minimum absolute atomic E-state index is 0.00861. The maximum absolute atomic E-state index is 11.9. The van der Waals surface area contributed by atoms with Gasteiger partial charge >= 0.3 is 0 Å². The Kier molecular flexibility index (Phi) is 4.16. The highest BCUT2D eigenvalue weighted by Crippen LogP contribution is 2.21. The van der Waals surface area contributed by atoms with Gasteiger partial charge in [-0.1, -0.05) is 42.5 Å². The number of rotatable bonds is 1. The second kappa shape index (κ2) is 6.59. The molecule has 0 atom stereocenters. The van der Waals surface area contributed by atoms with Crippen molar-refractivity contribution >= 4 is 11.0 Å². The number of aromatic nitrogens is 1. The average Bonchev–Trinajstić information content (AvgIpc) is 3.15. The van der Waals surface area contributed by atoms with Crippen LogP contribution in [0.15, 0.2) is 94.4 Å². The lowest BCUT2D eigenvalue weighted by Gasteiger charge is -2.02. The summed E-state index contributed by atoms with van der Waals surface area (Å²) in [5, 5.41) is 0.618. The Hall–Kier alpha value is -3.07. The number of aromatic amines is 1. The van der Waals surface area contributed by atoms with Crippen molar-refractivity contribution in [2.75, 3.05) is 0 Å². The third kappa shape index (κ3) is 3.15. The zero-order valence-electron chi connectivity index (χ0n) is 11.9. The van der Waals surface area contributed by atoms with E-state index in [1.54, 1.807) is 6.07 Å². The maximum atomic E-state index is 11.9. The van der Waals surface area contributed by atoms with Gasteiger partial charge in [-0.25, -0.2) is 0 Å². The van der Waals surface area contributed by atoms with Crippen molar-refractivity contribution in [3.8, 4) is 11.3 Å². The molecule has 0 aliphatic heterocycles. The smallest absolute Gasteiger partial charge is 0.193 e. The molecule has 3 nitrogen and oxygen atoms in total. The Labute approximate surface area is 127 Å². The van der Waals surface area contributed by atoms with E-state index in [-0.39, 0.29) is 5.43 Å². The molecule has 1 N–H and O–H groups in total. The quantitative estimate of drug-likeness (QED) is 0.561. The Morgan fingerprint density at radius 2 is 1.45 bits per heavy atom. The van der Waals surface area contributed by atoms with Crippen molar-refractivity contribution in [1.29, 1.82) is 0 Å². The highest BCUT2D eigenvalue weighted by molar-refractivity contribution is 5.78. The number of hydrogen-bond acceptors (Lipinski definition) is 2. The summed E-state index contributed by atoms with van der Waals surface area (Å²) >= 11 is 0. The van der Waals surface area contributed by atoms with Gasteiger partial charge in [-0.2, -0.15) is 0 Å². The van der Waals surface area contributed by atoms with Gasteiger partial charge in [0.25, 0.3) is 0 Å². The molecule has 22 heavy (non-hydrogen) atoms. The minimum Gasteiger partial charge on any atom is -0.456 e. The number of nitrogens with one attached hydrogen (secondary N) is 1. The van der Waals surface area contributed by atoms with Crippen LogP contribution in [0.25, 0.3) is 22.3 Å². The summed E-state index contributed by atoms with van der Waals surface area (Å²) in [6.07, 6.45) is 3.75. The second-order valence-corrected chi connectivity index (χ2v) is 4.72. The molecule has 108 valence electrons. The topological polar surface area (TPSA) is 46.0 Å². The predicted octanol–water partition coefficient (Wildman–Crippen LogP) is 4.47. The Morgan fingerprint density at radius 1 is 0.773 bits per heavy atom. The third-order valence-electron chi connectivity index (χ3n) is 3.19. The maximum Gasteiger partial charge on any atom is 0.193 e. The third-order valence-corrected chi connectivity index (χ3v) is 3.19. The molecule has 4 rings (SSSR count). The summed E-state index contributed by atoms with van der Waals surface area (Å²) in [5.74, 6) is 0.606. The van der Waals surface area contributed by atoms with Crippen LogP contribution in [0.2, 0.25) is 0 Å². The van der Waals surface area contributed by atoms with E-state index in [0.29, 0.717) is 16.7 Å². The first-order valence-electron chi connectivity index (χ1n) is 7.01. The molecule has 0 fully saturated rings. The molecule has 0 amide bonds. The zero-order chi connectivity index (χ0) is 15.2. The van der Waals surface area contributed by atoms with Crippen molar-refractivity contribution < 1.29 is 4.42 Å². The van der Waals surface area contributed by atoms with Crippen LogP contribution in [0.1, 0.15) is 0 Å². The Morgan fingerprint density at radius 3 is 2.14 bits per heavy atom. The zero-order valence-corrected chi connectivity index (χ0v) is 11.9. The van der Waals surface area contributed by atoms with E-state index in [1.165, 1.54) is 6.07 Å². The number of H-pyrrole nitrogens is 1. The van der Waals surface area contributed by atoms with Crippen molar-refractivity contribution in [2.45, 2.75) is 0 Å². The van der Waals surface area contributed by atoms with E-state index >= 15 is 0 Å². The van der Waals surface area contributed by atoms with E-state index in [0.717, 1.165) is 5.56 Å². The number of hydrogen-bond donors (Lipinski definition) is 1. The van der Waals surface area contributed by atoms with Crippen molar-refractivity contribution in [1.82, 2.24) is 4.98 Å². The second-order valence-electron chi connectivity index (χ2n) is 4.72. The minimum atomic E-state index is -0.00861. The van der Waals surface area contributed by atoms with Crippen LogP contribution >= 0.6 is 0 Å². The van der Waals surface area contributed by atoms with Gasteiger partial charge in [-0.05, 0) is 24.3 Å². The van der Waals surface area contributed by atoms with Gasteiger partial charge in [0, 0.05) is 24.0 Å². The molecule has 0 radical (unpaired) electrons. The molecule has 0 saturated heterocycles. The van der Waals surface area contributed by atoms with Gasteiger partial charge < -0.3 is 9.40 Å². The van der Waals surface area contributed by atoms with Crippen molar-refractivity contribution in [2.24, 2.45) is 0 Å². The van der Waals surface area contributed by atoms with E-state index < -0.39 is 0 Å². The summed E-state index contributed by atoms with van der Waals surface area (Å²) in [7, 11) is 0. The average molecular weight is 289 g/mol. The first kappa shape index (κ1) is 13.9. The Balaban J connectivity index is 0.000000246. The fourth-order valence-electron chi connectivity index (χ4n) is 2.13. The van der Waals surface area contributed by atoms with Gasteiger partial charge in [-0.3, -0.25) is 4.79 Å². The van der Waals surface area contributed by atoms with E-state index in [2.05, 4.69) is 4.98 Å². The Bertz CT molecular complexity index is 876. The molecular weight excluding hydrogens is 274 g/mol. The van der Waals surface area contributed by atoms with Crippen LogP contribution in [0.4, 0.5) is 0 Å². The first-order valence-corrected chi connectivity index (χ1v) is 7.01. The number of benzene rings is 2. The molecule has 0 bridgehead atoms. The van der Waals surface area contributed by atoms with Gasteiger partial charge in [0.15, 0.2) is 5.43 Å². The molecule has 0 spiro atoms. The monoisotopic (exact) mass is 289 g/mol. The summed E-state index contributed by atoms with van der Waals surface area (Å²) in [6, 6.07) is 22.3. The van der Waals surface area contributed by atoms with E-state index in [9.17, 15) is 4.79 Å². The highest BCUT2D eigenvalue weighted by atomic mass is 16.3. The number of fused-ring (bicyclic) bond motifs is 1. The van der Waals surface area contributed by atoms with Crippen molar-refractivity contribution in [3.05, 3.63) is 95.4 Å². The molecule has 2 aromatic heterocycles. The van der Waals surface area contributed by atoms with Crippen molar-refractivity contribution in [3.63, 3.8) is 0 Å². The van der Waals surface area contributed by atoms with E-state index in [1.807, 2.05) is 73.1 Å². The molecule has 0 saturated carbocycles. The molecule has 2 aromatic carbocycles. The molecule has 2 heterocycles. The normalized spacial score (nSPS) is 10.0. The fourth-order valence-corrected chi connectivity index (χ4v) is 2.13. The summed E-state index contributed by atoms with van der Waals surface area (Å²) in [6.45, 7) is 0. The molecule has 0 aliphatic carbocycles. The number of para-hydroxylation sites is 1. The molecule has 4 aromatic rings. The van der Waals surface area contributed by atoms with Crippen LogP contribution < -0.4 is 5.43 Å². The lowest BCUT2D eigenvalue weighted by molar-refractivity contribution is 0.619. The SMILES string of the molecule is O=c1cc(-c2ccccc2)oc2ccccc12.c1cc[nH]c1. The highest BCUT2D eigenvalue weighted by Gasteiger charge is 2.05. The molecular formula is C19H15NO2. The first-order chi connectivity index (χ1) is 10.8. The van der Waals surface area contributed by atoms with Crippen LogP contribution in [-0.4, -0.2) is 4.98 Å². The standard InChI is InChI=1S/C15H10O2.C4H5N/c16-13-10-15(11-6-2-1-3-7-11)17-14-9-5-4-8-12(13)14;1-2-4-5-3-1/h1-10H;1-5H. The van der Waals surface area contributed by atoms with E-state index in [4.69, 9.17) is 4.42 Å². The molecule has 3 heteroatoms. The fraction of sp³-hybridized carbons (Fsp3) is 0. The summed E-state index contributed by atoms with van der Waals surface area (Å²) < 4.78 is 5.73. The lowest BCUT2D eigenvalue weighted by atomic mass is 10.1. The van der Waals surface area contributed by atoms with Crippen LogP contribution in [0.3, 0.4) is 0 Å². The lowest BCUT2D eigenvalue weighted by Crippen LogP contribution is -1.99. The summed E-state index contributed by atoms with van der Waals surface area (Å²) in [5.41, 5.74) is 1.53. The van der Waals surface area contributed by atoms with Gasteiger partial charge in [0.1, 0.15) is 11.3 Å². The molecule has 0 unspecified atom stereocenters.